The Hall–Kier alpha value is -3.26. The molecule has 0 bridgehead atoms. The molecule has 0 spiro atoms. The lowest BCUT2D eigenvalue weighted by Crippen LogP contribution is -2.42. The second-order valence-corrected chi connectivity index (χ2v) is 9.84. The maximum atomic E-state index is 12.3. The molecule has 0 aliphatic carbocycles. The van der Waals surface area contributed by atoms with Crippen molar-refractivity contribution in [3.05, 3.63) is 47.2 Å². The number of rotatable bonds is 3. The quantitative estimate of drug-likeness (QED) is 0.525. The summed E-state index contributed by atoms with van der Waals surface area (Å²) in [6.45, 7) is 6.82. The smallest absolute Gasteiger partial charge is 0.410 e. The molecule has 172 valence electrons. The van der Waals surface area contributed by atoms with Crippen LogP contribution in [0.25, 0.3) is 10.8 Å². The molecule has 1 saturated heterocycles. The standard InChI is InChI=1S/C24H26ClN5O3/c1-24(2,3)33-23(32)29-11-9-14(10-12-29)30-13-19(21(25)28-30)26-17-7-8-18-20-15(17)5-4-6-16(20)22(31)27-18/h4-8,13-14,26H,9-12H2,1-3H3,(H,27,31). The van der Waals surface area contributed by atoms with Crippen molar-refractivity contribution in [1.29, 1.82) is 0 Å². The highest BCUT2D eigenvalue weighted by Gasteiger charge is 2.28. The summed E-state index contributed by atoms with van der Waals surface area (Å²) in [5.41, 5.74) is 2.53. The van der Waals surface area contributed by atoms with E-state index in [-0.39, 0.29) is 18.0 Å². The van der Waals surface area contributed by atoms with E-state index in [0.717, 1.165) is 35.0 Å². The van der Waals surface area contributed by atoms with Crippen molar-refractivity contribution in [2.75, 3.05) is 23.7 Å². The minimum absolute atomic E-state index is 0.0867. The van der Waals surface area contributed by atoms with Crippen molar-refractivity contribution < 1.29 is 14.3 Å². The Morgan fingerprint density at radius 2 is 1.94 bits per heavy atom. The molecule has 3 heterocycles. The zero-order chi connectivity index (χ0) is 23.3. The van der Waals surface area contributed by atoms with E-state index < -0.39 is 5.60 Å². The molecule has 2 aliphatic rings. The SMILES string of the molecule is CC(C)(C)OC(=O)N1CCC(n2cc(Nc3ccc4c5c(cccc35)C(=O)N4)c(Cl)n2)CC1. The van der Waals surface area contributed by atoms with Crippen LogP contribution < -0.4 is 10.6 Å². The number of aromatic nitrogens is 2. The van der Waals surface area contributed by atoms with Gasteiger partial charge in [0.2, 0.25) is 0 Å². The third-order valence-corrected chi connectivity index (χ3v) is 6.26. The van der Waals surface area contributed by atoms with Crippen molar-refractivity contribution >= 4 is 51.4 Å². The summed E-state index contributed by atoms with van der Waals surface area (Å²) in [7, 11) is 0. The Morgan fingerprint density at radius 3 is 2.67 bits per heavy atom. The second-order valence-electron chi connectivity index (χ2n) is 9.48. The first-order chi connectivity index (χ1) is 15.7. The molecule has 0 radical (unpaired) electrons. The van der Waals surface area contributed by atoms with Gasteiger partial charge in [0.1, 0.15) is 5.60 Å². The number of nitrogens with zero attached hydrogens (tertiary/aromatic N) is 3. The van der Waals surface area contributed by atoms with Gasteiger partial charge in [-0.15, -0.1) is 0 Å². The van der Waals surface area contributed by atoms with Crippen LogP contribution in [0, 0.1) is 0 Å². The Bertz CT molecular complexity index is 1250. The maximum absolute atomic E-state index is 12.3. The zero-order valence-corrected chi connectivity index (χ0v) is 19.6. The molecule has 9 heteroatoms. The van der Waals surface area contributed by atoms with Crippen LogP contribution in [-0.2, 0) is 4.74 Å². The van der Waals surface area contributed by atoms with Gasteiger partial charge in [0.25, 0.3) is 5.91 Å². The number of amides is 2. The van der Waals surface area contributed by atoms with E-state index in [1.807, 2.05) is 62.0 Å². The van der Waals surface area contributed by atoms with Gasteiger partial charge in [0.15, 0.2) is 5.15 Å². The van der Waals surface area contributed by atoms with Gasteiger partial charge in [0, 0.05) is 40.8 Å². The number of carbonyl (C=O) groups is 2. The number of hydrogen-bond acceptors (Lipinski definition) is 5. The first-order valence-electron chi connectivity index (χ1n) is 11.1. The molecule has 1 fully saturated rings. The summed E-state index contributed by atoms with van der Waals surface area (Å²) in [4.78, 5) is 26.3. The summed E-state index contributed by atoms with van der Waals surface area (Å²) in [5.74, 6) is -0.0867. The average molecular weight is 468 g/mol. The van der Waals surface area contributed by atoms with E-state index in [0.29, 0.717) is 29.5 Å². The number of halogens is 1. The van der Waals surface area contributed by atoms with Crippen LogP contribution in [0.5, 0.6) is 0 Å². The summed E-state index contributed by atoms with van der Waals surface area (Å²) in [6, 6.07) is 9.65. The largest absolute Gasteiger partial charge is 0.444 e. The predicted octanol–water partition coefficient (Wildman–Crippen LogP) is 5.57. The molecule has 0 saturated carbocycles. The minimum atomic E-state index is -0.504. The average Bonchev–Trinajstić information content (AvgIpc) is 3.30. The van der Waals surface area contributed by atoms with Crippen molar-refractivity contribution in [2.24, 2.45) is 0 Å². The van der Waals surface area contributed by atoms with Gasteiger partial charge in [-0.1, -0.05) is 23.7 Å². The number of hydrogen-bond donors (Lipinski definition) is 2. The molecule has 2 aromatic carbocycles. The van der Waals surface area contributed by atoms with E-state index in [4.69, 9.17) is 16.3 Å². The first-order valence-corrected chi connectivity index (χ1v) is 11.4. The predicted molar refractivity (Wildman–Crippen MR) is 128 cm³/mol. The highest BCUT2D eigenvalue weighted by Crippen LogP contribution is 2.39. The number of ether oxygens (including phenoxy) is 1. The van der Waals surface area contributed by atoms with Crippen LogP contribution in [-0.4, -0.2) is 45.4 Å². The van der Waals surface area contributed by atoms with E-state index >= 15 is 0 Å². The lowest BCUT2D eigenvalue weighted by Gasteiger charge is -2.33. The minimum Gasteiger partial charge on any atom is -0.444 e. The molecular formula is C24H26ClN5O3. The van der Waals surface area contributed by atoms with Crippen LogP contribution in [0.15, 0.2) is 36.5 Å². The fourth-order valence-corrected chi connectivity index (χ4v) is 4.61. The van der Waals surface area contributed by atoms with Gasteiger partial charge in [-0.05, 0) is 51.8 Å². The molecule has 2 N–H and O–H groups in total. The van der Waals surface area contributed by atoms with Crippen LogP contribution >= 0.6 is 11.6 Å². The molecule has 33 heavy (non-hydrogen) atoms. The molecule has 8 nitrogen and oxygen atoms in total. The summed E-state index contributed by atoms with van der Waals surface area (Å²) < 4.78 is 7.36. The van der Waals surface area contributed by atoms with E-state index in [1.165, 1.54) is 0 Å². The van der Waals surface area contributed by atoms with Crippen molar-refractivity contribution in [3.63, 3.8) is 0 Å². The Labute approximate surface area is 196 Å². The molecule has 5 rings (SSSR count). The molecule has 0 atom stereocenters. The van der Waals surface area contributed by atoms with Crippen LogP contribution in [0.1, 0.15) is 50.0 Å². The van der Waals surface area contributed by atoms with Crippen LogP contribution in [0.4, 0.5) is 21.9 Å². The highest BCUT2D eigenvalue weighted by molar-refractivity contribution is 6.32. The Balaban J connectivity index is 1.32. The Morgan fingerprint density at radius 1 is 1.18 bits per heavy atom. The van der Waals surface area contributed by atoms with Gasteiger partial charge in [-0.25, -0.2) is 4.79 Å². The van der Waals surface area contributed by atoms with Gasteiger partial charge < -0.3 is 20.3 Å². The van der Waals surface area contributed by atoms with Gasteiger partial charge >= 0.3 is 6.09 Å². The first kappa shape index (κ1) is 21.6. The number of benzene rings is 2. The van der Waals surface area contributed by atoms with E-state index in [9.17, 15) is 9.59 Å². The van der Waals surface area contributed by atoms with Crippen molar-refractivity contribution in [3.8, 4) is 0 Å². The zero-order valence-electron chi connectivity index (χ0n) is 18.8. The molecule has 2 aliphatic heterocycles. The fraction of sp³-hybridized carbons (Fsp3) is 0.375. The summed E-state index contributed by atoms with van der Waals surface area (Å²) >= 11 is 6.47. The molecule has 3 aromatic rings. The van der Waals surface area contributed by atoms with Gasteiger partial charge in [-0.2, -0.15) is 5.10 Å². The number of nitrogens with one attached hydrogen (secondary N) is 2. The van der Waals surface area contributed by atoms with Gasteiger partial charge in [-0.3, -0.25) is 9.48 Å². The summed E-state index contributed by atoms with van der Waals surface area (Å²) in [5, 5.41) is 13.0. The van der Waals surface area contributed by atoms with E-state index in [2.05, 4.69) is 15.7 Å². The maximum Gasteiger partial charge on any atom is 0.410 e. The lowest BCUT2D eigenvalue weighted by molar-refractivity contribution is 0.0184. The molecular weight excluding hydrogens is 442 g/mol. The van der Waals surface area contributed by atoms with Crippen molar-refractivity contribution in [2.45, 2.75) is 45.3 Å². The second kappa shape index (κ2) is 7.95. The van der Waals surface area contributed by atoms with Crippen LogP contribution in [0.3, 0.4) is 0 Å². The Kier molecular flexibility index (Phi) is 5.20. The van der Waals surface area contributed by atoms with Crippen molar-refractivity contribution in [1.82, 2.24) is 14.7 Å². The fourth-order valence-electron chi connectivity index (χ4n) is 4.42. The lowest BCUT2D eigenvalue weighted by atomic mass is 10.0. The number of carbonyl (C=O) groups excluding carboxylic acids is 2. The third-order valence-electron chi connectivity index (χ3n) is 5.98. The third kappa shape index (κ3) is 4.11. The molecule has 0 unspecified atom stereocenters. The molecule has 1 aromatic heterocycles. The van der Waals surface area contributed by atoms with E-state index in [1.54, 1.807) is 4.90 Å². The molecule has 2 amide bonds. The summed E-state index contributed by atoms with van der Waals surface area (Å²) in [6.07, 6.45) is 3.17. The van der Waals surface area contributed by atoms with Crippen LogP contribution in [0.2, 0.25) is 5.15 Å². The normalized spacial score (nSPS) is 16.2. The highest BCUT2D eigenvalue weighted by atomic mass is 35.5. The topological polar surface area (TPSA) is 88.5 Å². The number of anilines is 3. The van der Waals surface area contributed by atoms with Gasteiger partial charge in [0.05, 0.1) is 17.9 Å². The number of piperidine rings is 1. The monoisotopic (exact) mass is 467 g/mol. The number of likely N-dealkylation sites (tertiary alicyclic amines) is 1.